The van der Waals surface area contributed by atoms with E-state index in [2.05, 4.69) is 16.9 Å². The molecule has 1 heterocycles. The maximum atomic E-state index is 12.8. The van der Waals surface area contributed by atoms with Gasteiger partial charge in [-0.3, -0.25) is 14.5 Å². The molecule has 2 aromatic rings. The first kappa shape index (κ1) is 20.5. The molecule has 0 radical (unpaired) electrons. The van der Waals surface area contributed by atoms with Gasteiger partial charge in [-0.25, -0.2) is 4.99 Å². The van der Waals surface area contributed by atoms with Crippen molar-refractivity contribution in [2.75, 3.05) is 11.9 Å². The van der Waals surface area contributed by atoms with Crippen LogP contribution in [0.25, 0.3) is 0 Å². The highest BCUT2D eigenvalue weighted by molar-refractivity contribution is 8.15. The SMILES string of the molecule is C=CCN1C(=O)C(CC(=O)Nc2cccc(Cl)c2Cl)SC1=Nc1ccccc1. The maximum Gasteiger partial charge on any atom is 0.242 e. The van der Waals surface area contributed by atoms with Crippen LogP contribution in [0.3, 0.4) is 0 Å². The molecule has 0 spiro atoms. The van der Waals surface area contributed by atoms with Crippen LogP contribution in [0.2, 0.25) is 10.0 Å². The number of carbonyl (C=O) groups is 2. The molecule has 1 aliphatic heterocycles. The molecule has 0 aromatic heterocycles. The lowest BCUT2D eigenvalue weighted by Gasteiger charge is -2.14. The summed E-state index contributed by atoms with van der Waals surface area (Å²) in [6.07, 6.45) is 1.63. The van der Waals surface area contributed by atoms with Gasteiger partial charge in [0.25, 0.3) is 0 Å². The fraction of sp³-hybridized carbons (Fsp3) is 0.150. The largest absolute Gasteiger partial charge is 0.325 e. The number of nitrogens with one attached hydrogen (secondary N) is 1. The fourth-order valence-corrected chi connectivity index (χ4v) is 4.12. The monoisotopic (exact) mass is 433 g/mol. The van der Waals surface area contributed by atoms with E-state index in [1.165, 1.54) is 16.7 Å². The number of aliphatic imine (C=N–C) groups is 1. The van der Waals surface area contributed by atoms with Crippen molar-refractivity contribution in [1.82, 2.24) is 4.90 Å². The van der Waals surface area contributed by atoms with E-state index in [9.17, 15) is 9.59 Å². The van der Waals surface area contributed by atoms with Gasteiger partial charge >= 0.3 is 0 Å². The molecule has 144 valence electrons. The zero-order valence-corrected chi connectivity index (χ0v) is 17.1. The van der Waals surface area contributed by atoms with Crippen LogP contribution >= 0.6 is 35.0 Å². The van der Waals surface area contributed by atoms with Gasteiger partial charge in [0.1, 0.15) is 5.25 Å². The summed E-state index contributed by atoms with van der Waals surface area (Å²) in [5, 5.41) is 3.31. The molecule has 5 nitrogen and oxygen atoms in total. The molecule has 3 rings (SSSR count). The highest BCUT2D eigenvalue weighted by Crippen LogP contribution is 2.33. The fourth-order valence-electron chi connectivity index (χ4n) is 2.61. The Morgan fingerprint density at radius 2 is 1.96 bits per heavy atom. The van der Waals surface area contributed by atoms with Gasteiger partial charge in [0.15, 0.2) is 5.17 Å². The number of halogens is 2. The maximum absolute atomic E-state index is 12.8. The molecular weight excluding hydrogens is 417 g/mol. The van der Waals surface area contributed by atoms with Crippen molar-refractivity contribution in [2.24, 2.45) is 4.99 Å². The second-order valence-electron chi connectivity index (χ2n) is 5.93. The minimum absolute atomic E-state index is 0.00616. The Kier molecular flexibility index (Phi) is 6.78. The van der Waals surface area contributed by atoms with Crippen LogP contribution in [0, 0.1) is 0 Å². The average Bonchev–Trinajstić information content (AvgIpc) is 2.95. The molecule has 1 saturated heterocycles. The van der Waals surface area contributed by atoms with Crippen molar-refractivity contribution < 1.29 is 9.59 Å². The van der Waals surface area contributed by atoms with Gasteiger partial charge in [-0.2, -0.15) is 0 Å². The number of nitrogens with zero attached hydrogens (tertiary/aromatic N) is 2. The zero-order valence-electron chi connectivity index (χ0n) is 14.8. The highest BCUT2D eigenvalue weighted by Gasteiger charge is 2.38. The summed E-state index contributed by atoms with van der Waals surface area (Å²) in [5.74, 6) is -0.499. The number of hydrogen-bond donors (Lipinski definition) is 1. The van der Waals surface area contributed by atoms with Crippen molar-refractivity contribution in [2.45, 2.75) is 11.7 Å². The van der Waals surface area contributed by atoms with E-state index >= 15 is 0 Å². The van der Waals surface area contributed by atoms with E-state index < -0.39 is 5.25 Å². The number of anilines is 1. The molecule has 1 unspecified atom stereocenters. The minimum Gasteiger partial charge on any atom is -0.325 e. The molecule has 0 saturated carbocycles. The molecule has 1 N–H and O–H groups in total. The molecule has 0 bridgehead atoms. The third-order valence-electron chi connectivity index (χ3n) is 3.91. The predicted octanol–water partition coefficient (Wildman–Crippen LogP) is 5.14. The second-order valence-corrected chi connectivity index (χ2v) is 7.88. The molecule has 1 aliphatic rings. The first-order valence-corrected chi connectivity index (χ1v) is 10.1. The summed E-state index contributed by atoms with van der Waals surface area (Å²) in [6.45, 7) is 4.02. The standard InChI is InChI=1S/C20H17Cl2N3O2S/c1-2-11-25-19(27)16(28-20(25)23-13-7-4-3-5-8-13)12-17(26)24-15-10-6-9-14(21)18(15)22/h2-10,16H,1,11-12H2,(H,24,26). The minimum atomic E-state index is -0.569. The van der Waals surface area contributed by atoms with Crippen LogP contribution < -0.4 is 5.32 Å². The van der Waals surface area contributed by atoms with Crippen molar-refractivity contribution in [3.05, 3.63) is 71.2 Å². The summed E-state index contributed by atoms with van der Waals surface area (Å²) in [5.41, 5.74) is 1.15. The van der Waals surface area contributed by atoms with Crippen LogP contribution in [0.1, 0.15) is 6.42 Å². The lowest BCUT2D eigenvalue weighted by molar-refractivity contribution is -0.127. The molecule has 8 heteroatoms. The van der Waals surface area contributed by atoms with Crippen molar-refractivity contribution in [3.8, 4) is 0 Å². The Morgan fingerprint density at radius 3 is 2.68 bits per heavy atom. The molecule has 28 heavy (non-hydrogen) atoms. The second kappa shape index (κ2) is 9.28. The summed E-state index contributed by atoms with van der Waals surface area (Å²) in [7, 11) is 0. The molecule has 1 atom stereocenters. The van der Waals surface area contributed by atoms with E-state index in [1.807, 2.05) is 30.3 Å². The third-order valence-corrected chi connectivity index (χ3v) is 5.90. The number of carbonyl (C=O) groups excluding carboxylic acids is 2. The number of hydrogen-bond acceptors (Lipinski definition) is 4. The van der Waals surface area contributed by atoms with Crippen LogP contribution in [0.15, 0.2) is 66.2 Å². The highest BCUT2D eigenvalue weighted by atomic mass is 35.5. The number of amidine groups is 1. The molecule has 0 aliphatic carbocycles. The van der Waals surface area contributed by atoms with Crippen LogP contribution in [0.4, 0.5) is 11.4 Å². The van der Waals surface area contributed by atoms with E-state index in [-0.39, 0.29) is 23.3 Å². The van der Waals surface area contributed by atoms with E-state index in [1.54, 1.807) is 24.3 Å². The van der Waals surface area contributed by atoms with E-state index in [4.69, 9.17) is 23.2 Å². The van der Waals surface area contributed by atoms with E-state index in [0.29, 0.717) is 22.4 Å². The molecular formula is C20H17Cl2N3O2S. The average molecular weight is 434 g/mol. The molecule has 2 amide bonds. The van der Waals surface area contributed by atoms with Crippen LogP contribution in [-0.2, 0) is 9.59 Å². The number of benzene rings is 2. The Morgan fingerprint density at radius 1 is 1.21 bits per heavy atom. The number of thioether (sulfide) groups is 1. The van der Waals surface area contributed by atoms with Gasteiger partial charge in [-0.1, -0.05) is 65.3 Å². The first-order valence-electron chi connectivity index (χ1n) is 8.46. The number of rotatable bonds is 6. The molecule has 1 fully saturated rings. The first-order chi connectivity index (χ1) is 13.5. The van der Waals surface area contributed by atoms with Crippen molar-refractivity contribution in [1.29, 1.82) is 0 Å². The normalized spacial score (nSPS) is 17.8. The smallest absolute Gasteiger partial charge is 0.242 e. The van der Waals surface area contributed by atoms with Gasteiger partial charge < -0.3 is 5.32 Å². The van der Waals surface area contributed by atoms with Gasteiger partial charge in [0, 0.05) is 13.0 Å². The van der Waals surface area contributed by atoms with Gasteiger partial charge in [0.05, 0.1) is 21.4 Å². The quantitative estimate of drug-likeness (QED) is 0.641. The van der Waals surface area contributed by atoms with Gasteiger partial charge in [0.2, 0.25) is 11.8 Å². The topological polar surface area (TPSA) is 61.8 Å². The van der Waals surface area contributed by atoms with Crippen molar-refractivity contribution >= 4 is 63.3 Å². The molecule has 2 aromatic carbocycles. The zero-order chi connectivity index (χ0) is 20.1. The number of amides is 2. The lowest BCUT2D eigenvalue weighted by Crippen LogP contribution is -2.33. The van der Waals surface area contributed by atoms with E-state index in [0.717, 1.165) is 5.69 Å². The predicted molar refractivity (Wildman–Crippen MR) is 117 cm³/mol. The summed E-state index contributed by atoms with van der Waals surface area (Å²) in [4.78, 5) is 31.3. The Labute approximate surface area is 177 Å². The number of para-hydroxylation sites is 1. The Hall–Kier alpha value is -2.28. The van der Waals surface area contributed by atoms with Gasteiger partial charge in [-0.05, 0) is 24.3 Å². The summed E-state index contributed by atoms with van der Waals surface area (Å²) in [6, 6.07) is 14.3. The Balaban J connectivity index is 1.74. The van der Waals surface area contributed by atoms with Crippen LogP contribution in [-0.4, -0.2) is 33.7 Å². The third kappa shape index (κ3) is 4.76. The van der Waals surface area contributed by atoms with Gasteiger partial charge in [-0.15, -0.1) is 6.58 Å². The Bertz CT molecular complexity index is 934. The lowest BCUT2D eigenvalue weighted by atomic mass is 10.2. The summed E-state index contributed by atoms with van der Waals surface area (Å²) >= 11 is 13.3. The van der Waals surface area contributed by atoms with Crippen LogP contribution in [0.5, 0.6) is 0 Å². The van der Waals surface area contributed by atoms with Crippen molar-refractivity contribution in [3.63, 3.8) is 0 Å². The summed E-state index contributed by atoms with van der Waals surface area (Å²) < 4.78 is 0.